The fraction of sp³-hybridized carbons (Fsp3) is 0.263. The molecule has 0 bridgehead atoms. The molecule has 2 atom stereocenters. The highest BCUT2D eigenvalue weighted by Crippen LogP contribution is 2.16. The van der Waals surface area contributed by atoms with Gasteiger partial charge in [-0.1, -0.05) is 60.7 Å². The minimum Gasteiger partial charge on any atom is -0.390 e. The maximum Gasteiger partial charge on any atom is 0.262 e. The molecule has 0 unspecified atom stereocenters. The zero-order chi connectivity index (χ0) is 17.2. The molecule has 0 aliphatic heterocycles. The van der Waals surface area contributed by atoms with Crippen molar-refractivity contribution in [2.75, 3.05) is 6.61 Å². The smallest absolute Gasteiger partial charge is 0.262 e. The lowest BCUT2D eigenvalue weighted by atomic mass is 9.93. The van der Waals surface area contributed by atoms with Gasteiger partial charge in [0.25, 0.3) is 5.91 Å². The van der Waals surface area contributed by atoms with Crippen LogP contribution in [0.5, 0.6) is 0 Å². The number of hydrogen-bond acceptors (Lipinski definition) is 4. The van der Waals surface area contributed by atoms with Crippen molar-refractivity contribution in [2.24, 2.45) is 10.9 Å². The molecule has 0 spiro atoms. The first kappa shape index (κ1) is 17.8. The fourth-order valence-electron chi connectivity index (χ4n) is 2.37. The predicted molar refractivity (Wildman–Crippen MR) is 88.9 cm³/mol. The number of amides is 1. The summed E-state index contributed by atoms with van der Waals surface area (Å²) < 4.78 is 5.49. The van der Waals surface area contributed by atoms with Gasteiger partial charge in [-0.15, -0.1) is 4.99 Å². The van der Waals surface area contributed by atoms with Gasteiger partial charge in [-0.3, -0.25) is 4.79 Å². The van der Waals surface area contributed by atoms with Crippen LogP contribution < -0.4 is 0 Å². The molecule has 0 heterocycles. The van der Waals surface area contributed by atoms with Crippen LogP contribution in [0.2, 0.25) is 0 Å². The normalized spacial score (nSPS) is 12.9. The third-order valence-corrected chi connectivity index (χ3v) is 3.64. The van der Waals surface area contributed by atoms with Crippen LogP contribution in [0.25, 0.3) is 0 Å². The average molecular weight is 325 g/mol. The van der Waals surface area contributed by atoms with Gasteiger partial charge in [0.05, 0.1) is 25.2 Å². The second-order valence-corrected chi connectivity index (χ2v) is 5.41. The summed E-state index contributed by atoms with van der Waals surface area (Å²) in [7, 11) is 0. The Morgan fingerprint density at radius 2 is 1.62 bits per heavy atom. The quantitative estimate of drug-likeness (QED) is 0.597. The fourth-order valence-corrected chi connectivity index (χ4v) is 2.37. The van der Waals surface area contributed by atoms with Crippen LogP contribution in [0, 0.1) is 5.92 Å². The summed E-state index contributed by atoms with van der Waals surface area (Å²) in [6.07, 6.45) is 0.466. The van der Waals surface area contributed by atoms with Gasteiger partial charge in [-0.05, 0) is 17.5 Å². The summed E-state index contributed by atoms with van der Waals surface area (Å²) in [4.78, 5) is 25.5. The third kappa shape index (κ3) is 5.56. The summed E-state index contributed by atoms with van der Waals surface area (Å²) in [5.41, 5.74) is 1.85. The SMILES string of the molecule is O=C=NC(=O)[C@@H](Cc1ccccc1)[C@H](O)COCc1ccccc1. The number of benzene rings is 2. The molecule has 124 valence electrons. The number of aliphatic imine (C=N–C) groups is 1. The molecule has 0 aliphatic carbocycles. The van der Waals surface area contributed by atoms with Gasteiger partial charge in [0.15, 0.2) is 0 Å². The van der Waals surface area contributed by atoms with Crippen molar-refractivity contribution in [3.63, 3.8) is 0 Å². The van der Waals surface area contributed by atoms with Gasteiger partial charge in [0.2, 0.25) is 6.08 Å². The van der Waals surface area contributed by atoms with E-state index in [1.165, 1.54) is 6.08 Å². The van der Waals surface area contributed by atoms with Crippen molar-refractivity contribution >= 4 is 12.0 Å². The first-order valence-corrected chi connectivity index (χ1v) is 7.66. The lowest BCUT2D eigenvalue weighted by Crippen LogP contribution is -2.33. The molecular formula is C19H19NO4. The van der Waals surface area contributed by atoms with E-state index < -0.39 is 17.9 Å². The summed E-state index contributed by atoms with van der Waals surface area (Å²) in [6, 6.07) is 18.8. The molecule has 0 radical (unpaired) electrons. The average Bonchev–Trinajstić information content (AvgIpc) is 2.61. The molecule has 24 heavy (non-hydrogen) atoms. The molecule has 2 rings (SSSR count). The van der Waals surface area contributed by atoms with Gasteiger partial charge in [-0.2, -0.15) is 0 Å². The topological polar surface area (TPSA) is 76.0 Å². The maximum atomic E-state index is 12.0. The van der Waals surface area contributed by atoms with Gasteiger partial charge in [0.1, 0.15) is 0 Å². The monoisotopic (exact) mass is 325 g/mol. The van der Waals surface area contributed by atoms with Crippen LogP contribution in [0.4, 0.5) is 0 Å². The number of aliphatic hydroxyl groups excluding tert-OH is 1. The number of aliphatic hydroxyl groups is 1. The first-order chi connectivity index (χ1) is 11.7. The molecule has 2 aromatic carbocycles. The Hall–Kier alpha value is -2.59. The number of ether oxygens (including phenoxy) is 1. The number of isocyanates is 1. The Kier molecular flexibility index (Phi) is 7.05. The van der Waals surface area contributed by atoms with Crippen LogP contribution in [0.1, 0.15) is 11.1 Å². The molecule has 1 amide bonds. The summed E-state index contributed by atoms with van der Waals surface area (Å²) in [5, 5.41) is 10.3. The van der Waals surface area contributed by atoms with E-state index in [9.17, 15) is 14.7 Å². The Morgan fingerprint density at radius 3 is 2.21 bits per heavy atom. The molecule has 0 saturated carbocycles. The summed E-state index contributed by atoms with van der Waals surface area (Å²) in [6.45, 7) is 0.313. The van der Waals surface area contributed by atoms with Crippen LogP contribution in [0.15, 0.2) is 65.7 Å². The highest BCUT2D eigenvalue weighted by atomic mass is 16.5. The number of rotatable bonds is 8. The van der Waals surface area contributed by atoms with Crippen LogP contribution in [-0.2, 0) is 27.4 Å². The number of hydrogen-bond donors (Lipinski definition) is 1. The predicted octanol–water partition coefficient (Wildman–Crippen LogP) is 2.29. The van der Waals surface area contributed by atoms with E-state index >= 15 is 0 Å². The minimum absolute atomic E-state index is 0.0213. The van der Waals surface area contributed by atoms with Crippen molar-refractivity contribution < 1.29 is 19.4 Å². The zero-order valence-corrected chi connectivity index (χ0v) is 13.2. The van der Waals surface area contributed by atoms with Crippen LogP contribution >= 0.6 is 0 Å². The standard InChI is InChI=1S/C19H19NO4/c21-14-20-19(23)17(11-15-7-3-1-4-8-15)18(22)13-24-12-16-9-5-2-6-10-16/h1-10,17-18,22H,11-13H2/t17-,18+/m0/s1. The zero-order valence-electron chi connectivity index (χ0n) is 13.2. The van der Waals surface area contributed by atoms with Crippen molar-refractivity contribution in [3.8, 4) is 0 Å². The van der Waals surface area contributed by atoms with Crippen molar-refractivity contribution in [1.29, 1.82) is 0 Å². The Morgan fingerprint density at radius 1 is 1.04 bits per heavy atom. The van der Waals surface area contributed by atoms with E-state index in [1.54, 1.807) is 0 Å². The van der Waals surface area contributed by atoms with Crippen molar-refractivity contribution in [1.82, 2.24) is 0 Å². The number of carbonyl (C=O) groups is 1. The van der Waals surface area contributed by atoms with E-state index in [1.807, 2.05) is 60.7 Å². The van der Waals surface area contributed by atoms with Crippen LogP contribution in [-0.4, -0.2) is 29.8 Å². The van der Waals surface area contributed by atoms with Gasteiger partial charge < -0.3 is 9.84 Å². The first-order valence-electron chi connectivity index (χ1n) is 7.66. The minimum atomic E-state index is -1.06. The maximum absolute atomic E-state index is 12.0. The molecule has 5 nitrogen and oxygen atoms in total. The molecule has 1 N–H and O–H groups in total. The van der Waals surface area contributed by atoms with Gasteiger partial charge >= 0.3 is 0 Å². The molecule has 0 aromatic heterocycles. The van der Waals surface area contributed by atoms with Gasteiger partial charge in [0, 0.05) is 0 Å². The third-order valence-electron chi connectivity index (χ3n) is 3.64. The van der Waals surface area contributed by atoms with E-state index in [0.717, 1.165) is 11.1 Å². The molecular weight excluding hydrogens is 306 g/mol. The number of carbonyl (C=O) groups excluding carboxylic acids is 2. The lowest BCUT2D eigenvalue weighted by Gasteiger charge is -2.19. The highest BCUT2D eigenvalue weighted by Gasteiger charge is 2.27. The lowest BCUT2D eigenvalue weighted by molar-refractivity contribution is -0.126. The molecule has 2 aromatic rings. The Labute approximate surface area is 140 Å². The second-order valence-electron chi connectivity index (χ2n) is 5.41. The molecule has 0 saturated heterocycles. The van der Waals surface area contributed by atoms with Crippen molar-refractivity contribution in [3.05, 3.63) is 71.8 Å². The van der Waals surface area contributed by atoms with E-state index in [2.05, 4.69) is 4.99 Å². The van der Waals surface area contributed by atoms with E-state index in [0.29, 0.717) is 6.61 Å². The number of nitrogens with zero attached hydrogens (tertiary/aromatic N) is 1. The van der Waals surface area contributed by atoms with Crippen LogP contribution in [0.3, 0.4) is 0 Å². The molecule has 5 heteroatoms. The second kappa shape index (κ2) is 9.53. The summed E-state index contributed by atoms with van der Waals surface area (Å²) in [5.74, 6) is -1.53. The Bertz CT molecular complexity index is 681. The highest BCUT2D eigenvalue weighted by molar-refractivity contribution is 5.84. The largest absolute Gasteiger partial charge is 0.390 e. The van der Waals surface area contributed by atoms with E-state index in [-0.39, 0.29) is 13.0 Å². The molecule has 0 aliphatic rings. The van der Waals surface area contributed by atoms with Gasteiger partial charge in [-0.25, -0.2) is 4.79 Å². The van der Waals surface area contributed by atoms with Crippen molar-refractivity contribution in [2.45, 2.75) is 19.1 Å². The Balaban J connectivity index is 1.97. The van der Waals surface area contributed by atoms with E-state index in [4.69, 9.17) is 4.74 Å². The molecule has 0 fully saturated rings. The summed E-state index contributed by atoms with van der Waals surface area (Å²) >= 11 is 0.